The predicted molar refractivity (Wildman–Crippen MR) is 101 cm³/mol. The molecule has 2 aliphatic heterocycles. The molecule has 0 aromatic carbocycles. The first kappa shape index (κ1) is 17.5. The van der Waals surface area contributed by atoms with Crippen molar-refractivity contribution in [3.05, 3.63) is 5.82 Å². The second kappa shape index (κ2) is 6.19. The van der Waals surface area contributed by atoms with Gasteiger partial charge >= 0.3 is 6.01 Å². The van der Waals surface area contributed by atoms with E-state index in [1.165, 1.54) is 19.3 Å². The number of aryl methyl sites for hydroxylation is 1. The van der Waals surface area contributed by atoms with E-state index in [9.17, 15) is 4.79 Å². The summed E-state index contributed by atoms with van der Waals surface area (Å²) in [6, 6.07) is 2.17. The average molecular weight is 374 g/mol. The molecule has 3 heterocycles. The highest BCUT2D eigenvalue weighted by Crippen LogP contribution is 2.54. The molecule has 4 aliphatic rings. The summed E-state index contributed by atoms with van der Waals surface area (Å²) in [5, 5.41) is 3.96. The van der Waals surface area contributed by atoms with Crippen LogP contribution in [-0.2, 0) is 4.79 Å². The number of likely N-dealkylation sites (tertiary alicyclic amines) is 1. The highest BCUT2D eigenvalue weighted by Gasteiger charge is 2.61. The first-order chi connectivity index (χ1) is 12.9. The van der Waals surface area contributed by atoms with Crippen LogP contribution in [0, 0.1) is 30.6 Å². The van der Waals surface area contributed by atoms with Crippen molar-refractivity contribution in [2.75, 3.05) is 31.6 Å². The number of rotatable bonds is 4. The summed E-state index contributed by atoms with van der Waals surface area (Å²) in [6.45, 7) is 9.33. The number of hydrogen-bond donors (Lipinski definition) is 0. The molecule has 2 saturated heterocycles. The standard InChI is InChI=1S/C20H31N5O2/c1-11(2)23(4)19(26)18-16-9-24(10-17(16)18)14-5-13-6-15(7-14)25(8-13)20-21-12(3)22-27-20/h11,13-18H,5-10H2,1-4H3/t13?,14?,15?,16-,17+,18?. The van der Waals surface area contributed by atoms with Gasteiger partial charge in [0.15, 0.2) is 5.82 Å². The van der Waals surface area contributed by atoms with Gasteiger partial charge < -0.3 is 14.3 Å². The van der Waals surface area contributed by atoms with Crippen LogP contribution in [0.25, 0.3) is 0 Å². The summed E-state index contributed by atoms with van der Waals surface area (Å²) >= 11 is 0. The molecule has 1 aromatic heterocycles. The third kappa shape index (κ3) is 2.85. The lowest BCUT2D eigenvalue weighted by Crippen LogP contribution is -2.43. The molecule has 1 aromatic rings. The second-order valence-corrected chi connectivity index (χ2v) is 9.51. The zero-order valence-electron chi connectivity index (χ0n) is 16.8. The van der Waals surface area contributed by atoms with Gasteiger partial charge in [-0.3, -0.25) is 9.69 Å². The summed E-state index contributed by atoms with van der Waals surface area (Å²) in [5.41, 5.74) is 0. The van der Waals surface area contributed by atoms with Crippen LogP contribution in [0.2, 0.25) is 0 Å². The smallest absolute Gasteiger partial charge is 0.324 e. The third-order valence-corrected chi connectivity index (χ3v) is 7.56. The average Bonchev–Trinajstić information content (AvgIpc) is 3.00. The van der Waals surface area contributed by atoms with Gasteiger partial charge in [-0.15, -0.1) is 0 Å². The van der Waals surface area contributed by atoms with Gasteiger partial charge in [0.2, 0.25) is 5.91 Å². The topological polar surface area (TPSA) is 65.7 Å². The van der Waals surface area contributed by atoms with Crippen molar-refractivity contribution >= 4 is 11.9 Å². The first-order valence-electron chi connectivity index (χ1n) is 10.5. The Morgan fingerprint density at radius 1 is 1.15 bits per heavy atom. The highest BCUT2D eigenvalue weighted by atomic mass is 16.5. The molecule has 0 N–H and O–H groups in total. The molecule has 5 rings (SSSR count). The van der Waals surface area contributed by atoms with Crippen molar-refractivity contribution in [2.45, 2.75) is 58.2 Å². The lowest BCUT2D eigenvalue weighted by molar-refractivity contribution is -0.133. The Hall–Kier alpha value is -1.63. The van der Waals surface area contributed by atoms with Gasteiger partial charge in [0.05, 0.1) is 0 Å². The van der Waals surface area contributed by atoms with Crippen LogP contribution in [0.1, 0.15) is 38.9 Å². The minimum absolute atomic E-state index is 0.284. The third-order valence-electron chi connectivity index (χ3n) is 7.56. The summed E-state index contributed by atoms with van der Waals surface area (Å²) in [5.74, 6) is 3.26. The van der Waals surface area contributed by atoms with Crippen LogP contribution in [0.4, 0.5) is 6.01 Å². The van der Waals surface area contributed by atoms with Gasteiger partial charge in [0.25, 0.3) is 0 Å². The minimum atomic E-state index is 0.284. The first-order valence-corrected chi connectivity index (χ1v) is 10.5. The SMILES string of the molecule is Cc1noc(N2CC3CC(N4C[C@@H]5C(C(=O)N(C)C(C)C)[C@@H]5C4)CC2C3)n1. The fourth-order valence-corrected chi connectivity index (χ4v) is 5.85. The number of hydrogen-bond acceptors (Lipinski definition) is 6. The summed E-state index contributed by atoms with van der Waals surface area (Å²) in [6.07, 6.45) is 3.70. The van der Waals surface area contributed by atoms with E-state index in [4.69, 9.17) is 4.52 Å². The van der Waals surface area contributed by atoms with Crippen LogP contribution in [0.5, 0.6) is 0 Å². The van der Waals surface area contributed by atoms with Crippen LogP contribution in [-0.4, -0.2) is 70.7 Å². The van der Waals surface area contributed by atoms with E-state index >= 15 is 0 Å². The van der Waals surface area contributed by atoms with Crippen molar-refractivity contribution in [1.29, 1.82) is 0 Å². The highest BCUT2D eigenvalue weighted by molar-refractivity contribution is 5.82. The maximum absolute atomic E-state index is 12.6. The molecule has 6 atom stereocenters. The van der Waals surface area contributed by atoms with Gasteiger partial charge in [-0.05, 0) is 57.8 Å². The maximum atomic E-state index is 12.6. The Balaban J connectivity index is 1.19. The van der Waals surface area contributed by atoms with Gasteiger partial charge in [0, 0.05) is 50.7 Å². The Morgan fingerprint density at radius 3 is 2.48 bits per heavy atom. The monoisotopic (exact) mass is 373 g/mol. The van der Waals surface area contributed by atoms with E-state index in [1.807, 2.05) is 18.9 Å². The molecule has 1 amide bonds. The van der Waals surface area contributed by atoms with Crippen molar-refractivity contribution in [2.24, 2.45) is 23.7 Å². The van der Waals surface area contributed by atoms with E-state index in [0.29, 0.717) is 47.7 Å². The number of aromatic nitrogens is 2. The molecule has 2 saturated carbocycles. The molecule has 7 heteroatoms. The van der Waals surface area contributed by atoms with Gasteiger partial charge in [0.1, 0.15) is 0 Å². The molecule has 0 radical (unpaired) electrons. The van der Waals surface area contributed by atoms with Crippen LogP contribution in [0.3, 0.4) is 0 Å². The zero-order valence-corrected chi connectivity index (χ0v) is 16.8. The molecule has 7 nitrogen and oxygen atoms in total. The molecule has 2 bridgehead atoms. The quantitative estimate of drug-likeness (QED) is 0.802. The fraction of sp³-hybridized carbons (Fsp3) is 0.850. The number of fused-ring (bicyclic) bond motifs is 3. The minimum Gasteiger partial charge on any atom is -0.343 e. The van der Waals surface area contributed by atoms with Crippen LogP contribution in [0.15, 0.2) is 4.52 Å². The molecular weight excluding hydrogens is 342 g/mol. The lowest BCUT2D eigenvalue weighted by Gasteiger charge is -2.36. The number of piperidine rings is 1. The number of amides is 1. The summed E-state index contributed by atoms with van der Waals surface area (Å²) < 4.78 is 5.43. The lowest BCUT2D eigenvalue weighted by atomic mass is 9.85. The Bertz CT molecular complexity index is 722. The molecule has 2 aliphatic carbocycles. The van der Waals surface area contributed by atoms with Gasteiger partial charge in [-0.1, -0.05) is 5.16 Å². The Labute approximate surface area is 161 Å². The van der Waals surface area contributed by atoms with Gasteiger partial charge in [-0.2, -0.15) is 4.98 Å². The number of carbonyl (C=O) groups excluding carboxylic acids is 1. The van der Waals surface area contributed by atoms with E-state index < -0.39 is 0 Å². The van der Waals surface area contributed by atoms with E-state index in [0.717, 1.165) is 25.6 Å². The van der Waals surface area contributed by atoms with E-state index in [1.54, 1.807) is 0 Å². The van der Waals surface area contributed by atoms with E-state index in [2.05, 4.69) is 33.8 Å². The summed E-state index contributed by atoms with van der Waals surface area (Å²) in [7, 11) is 1.95. The Kier molecular flexibility index (Phi) is 4.00. The van der Waals surface area contributed by atoms with E-state index in [-0.39, 0.29) is 5.92 Å². The second-order valence-electron chi connectivity index (χ2n) is 9.51. The molecule has 4 fully saturated rings. The summed E-state index contributed by atoms with van der Waals surface area (Å²) in [4.78, 5) is 24.0. The Morgan fingerprint density at radius 2 is 1.85 bits per heavy atom. The molecule has 0 spiro atoms. The number of nitrogens with zero attached hydrogens (tertiary/aromatic N) is 5. The van der Waals surface area contributed by atoms with Crippen LogP contribution >= 0.6 is 0 Å². The predicted octanol–water partition coefficient (Wildman–Crippen LogP) is 1.78. The maximum Gasteiger partial charge on any atom is 0.324 e. The zero-order chi connectivity index (χ0) is 18.9. The molecule has 148 valence electrons. The van der Waals surface area contributed by atoms with Gasteiger partial charge in [-0.25, -0.2) is 0 Å². The van der Waals surface area contributed by atoms with Crippen molar-refractivity contribution < 1.29 is 9.32 Å². The largest absolute Gasteiger partial charge is 0.343 e. The molecular formula is C20H31N5O2. The number of anilines is 1. The molecule has 4 unspecified atom stereocenters. The molecule has 27 heavy (non-hydrogen) atoms. The normalized spacial score (nSPS) is 37.7. The van der Waals surface area contributed by atoms with Crippen LogP contribution < -0.4 is 4.90 Å². The van der Waals surface area contributed by atoms with Crippen molar-refractivity contribution in [3.8, 4) is 0 Å². The fourth-order valence-electron chi connectivity index (χ4n) is 5.85. The van der Waals surface area contributed by atoms with Crippen molar-refractivity contribution in [3.63, 3.8) is 0 Å². The number of carbonyl (C=O) groups is 1. The van der Waals surface area contributed by atoms with Crippen molar-refractivity contribution in [1.82, 2.24) is 19.9 Å².